The zero-order valence-corrected chi connectivity index (χ0v) is 18.2. The van der Waals surface area contributed by atoms with Crippen molar-refractivity contribution in [1.82, 2.24) is 9.55 Å². The summed E-state index contributed by atoms with van der Waals surface area (Å²) in [6, 6.07) is 0. The highest BCUT2D eigenvalue weighted by Crippen LogP contribution is 2.66. The van der Waals surface area contributed by atoms with Gasteiger partial charge in [0.1, 0.15) is 24.4 Å². The second kappa shape index (κ2) is 9.10. The molecule has 0 bridgehead atoms. The van der Waals surface area contributed by atoms with Crippen LogP contribution in [0.2, 0.25) is 0 Å². The Morgan fingerprint density at radius 3 is 2.33 bits per heavy atom. The van der Waals surface area contributed by atoms with E-state index < -0.39 is 64.6 Å². The summed E-state index contributed by atoms with van der Waals surface area (Å²) < 4.78 is 40.6. The number of ether oxygens (including phenoxy) is 1. The first kappa shape index (κ1) is 25.6. The summed E-state index contributed by atoms with van der Waals surface area (Å²) in [5.41, 5.74) is -1.83. The van der Waals surface area contributed by atoms with E-state index in [4.69, 9.17) is 19.0 Å². The third kappa shape index (κ3) is 6.69. The summed E-state index contributed by atoms with van der Waals surface area (Å²) in [5.74, 6) is 0. The van der Waals surface area contributed by atoms with Crippen LogP contribution in [0.3, 0.4) is 0 Å². The third-order valence-corrected chi connectivity index (χ3v) is 8.34. The molecule has 0 spiro atoms. The lowest BCUT2D eigenvalue weighted by atomic mass is 10.0. The van der Waals surface area contributed by atoms with E-state index >= 15 is 0 Å². The SMILES string of the molecule is Cn1cc([C@@H]2O[C@H](COP(O)(=S)OP(=O)(O)OP(=O)(O)O)C(O)C2O)c(=O)[nH]c1=O. The van der Waals surface area contributed by atoms with Gasteiger partial charge in [0, 0.05) is 13.2 Å². The van der Waals surface area contributed by atoms with Crippen molar-refractivity contribution >= 4 is 34.2 Å². The van der Waals surface area contributed by atoms with Crippen molar-refractivity contribution in [3.63, 3.8) is 0 Å². The van der Waals surface area contributed by atoms with Crippen LogP contribution >= 0.6 is 22.4 Å². The summed E-state index contributed by atoms with van der Waals surface area (Å²) >= 11 is 4.42. The number of aryl methyl sites for hydroxylation is 1. The van der Waals surface area contributed by atoms with Crippen LogP contribution in [-0.2, 0) is 45.9 Å². The maximum atomic E-state index is 11.9. The normalized spacial score (nSPS) is 28.8. The maximum absolute atomic E-state index is 11.9. The van der Waals surface area contributed by atoms with Gasteiger partial charge in [0.2, 0.25) is 0 Å². The zero-order valence-electron chi connectivity index (χ0n) is 14.7. The lowest BCUT2D eigenvalue weighted by Gasteiger charge is -2.21. The third-order valence-electron chi connectivity index (χ3n) is 3.62. The fourth-order valence-corrected chi connectivity index (χ4v) is 6.37. The molecule has 1 aliphatic heterocycles. The zero-order chi connectivity index (χ0) is 23.1. The Hall–Kier alpha value is -0.610. The van der Waals surface area contributed by atoms with Crippen LogP contribution in [0.1, 0.15) is 11.7 Å². The highest BCUT2D eigenvalue weighted by Gasteiger charge is 2.46. The van der Waals surface area contributed by atoms with Gasteiger partial charge in [-0.2, -0.15) is 4.31 Å². The van der Waals surface area contributed by atoms with Crippen molar-refractivity contribution in [2.24, 2.45) is 7.05 Å². The van der Waals surface area contributed by atoms with Gasteiger partial charge >= 0.3 is 28.1 Å². The first-order valence-electron chi connectivity index (χ1n) is 7.61. The van der Waals surface area contributed by atoms with Gasteiger partial charge in [-0.05, 0) is 11.8 Å². The van der Waals surface area contributed by atoms with E-state index in [2.05, 4.69) is 20.4 Å². The molecule has 0 amide bonds. The fourth-order valence-electron chi connectivity index (χ4n) is 2.40. The Kier molecular flexibility index (Phi) is 7.78. The lowest BCUT2D eigenvalue weighted by molar-refractivity contribution is -0.0197. The van der Waals surface area contributed by atoms with Crippen molar-refractivity contribution in [2.45, 2.75) is 24.4 Å². The smallest absolute Gasteiger partial charge is 0.387 e. The highest BCUT2D eigenvalue weighted by molar-refractivity contribution is 8.08. The van der Waals surface area contributed by atoms with Crippen molar-refractivity contribution in [3.05, 3.63) is 32.6 Å². The number of hydrogen-bond acceptors (Lipinski definition) is 11. The lowest BCUT2D eigenvalue weighted by Crippen LogP contribution is -2.35. The van der Waals surface area contributed by atoms with E-state index in [1.807, 2.05) is 4.98 Å². The number of aromatic amines is 1. The molecule has 1 saturated heterocycles. The average molecular weight is 514 g/mol. The number of H-pyrrole nitrogens is 1. The summed E-state index contributed by atoms with van der Waals surface area (Å²) in [4.78, 5) is 61.3. The first-order valence-corrected chi connectivity index (χ1v) is 13.2. The molecular weight excluding hydrogens is 497 g/mol. The molecule has 1 aromatic heterocycles. The van der Waals surface area contributed by atoms with Gasteiger partial charge in [-0.1, -0.05) is 0 Å². The number of nitrogens with zero attached hydrogens (tertiary/aromatic N) is 1. The molecule has 4 unspecified atom stereocenters. The van der Waals surface area contributed by atoms with E-state index in [1.54, 1.807) is 0 Å². The number of nitrogens with one attached hydrogen (secondary N) is 1. The van der Waals surface area contributed by atoms with Gasteiger partial charge in [-0.25, -0.2) is 18.2 Å². The number of aliphatic hydroxyl groups excluding tert-OH is 2. The number of aliphatic hydroxyl groups is 2. The van der Waals surface area contributed by atoms with Crippen LogP contribution in [0.5, 0.6) is 0 Å². The Morgan fingerprint density at radius 2 is 1.77 bits per heavy atom. The van der Waals surface area contributed by atoms with Gasteiger partial charge in [0.15, 0.2) is 0 Å². The van der Waals surface area contributed by atoms with Crippen LogP contribution in [0.25, 0.3) is 0 Å². The molecule has 2 rings (SSSR count). The quantitative estimate of drug-likeness (QED) is 0.180. The van der Waals surface area contributed by atoms with Crippen molar-refractivity contribution in [2.75, 3.05) is 6.61 Å². The van der Waals surface area contributed by atoms with Crippen LogP contribution in [0.15, 0.2) is 15.8 Å². The van der Waals surface area contributed by atoms with E-state index in [1.165, 1.54) is 7.05 Å². The minimum Gasteiger partial charge on any atom is -0.387 e. The van der Waals surface area contributed by atoms with Crippen LogP contribution in [-0.4, -0.2) is 64.3 Å². The summed E-state index contributed by atoms with van der Waals surface area (Å²) in [7, 11) is -9.69. The second-order valence-corrected chi connectivity index (χ2v) is 11.7. The Bertz CT molecular complexity index is 1050. The molecule has 1 aliphatic rings. The minimum atomic E-state index is -5.52. The van der Waals surface area contributed by atoms with E-state index in [9.17, 15) is 38.7 Å². The van der Waals surface area contributed by atoms with Crippen molar-refractivity contribution < 1.29 is 56.8 Å². The molecule has 20 heteroatoms. The Morgan fingerprint density at radius 1 is 1.17 bits per heavy atom. The van der Waals surface area contributed by atoms with Crippen LogP contribution < -0.4 is 11.2 Å². The predicted octanol–water partition coefficient (Wildman–Crippen LogP) is -2.31. The van der Waals surface area contributed by atoms with E-state index in [-0.39, 0.29) is 5.56 Å². The first-order chi connectivity index (χ1) is 13.5. The van der Waals surface area contributed by atoms with Crippen molar-refractivity contribution in [3.8, 4) is 0 Å². The second-order valence-electron chi connectivity index (χ2n) is 5.92. The molecule has 1 aromatic rings. The monoisotopic (exact) mass is 514 g/mol. The molecule has 0 radical (unpaired) electrons. The summed E-state index contributed by atoms with van der Waals surface area (Å²) in [6.07, 6.45) is -5.12. The Labute approximate surface area is 171 Å². The van der Waals surface area contributed by atoms with E-state index in [0.29, 0.717) is 0 Å². The molecule has 16 nitrogen and oxygen atoms in total. The molecule has 0 saturated carbocycles. The Balaban J connectivity index is 2.09. The molecule has 0 aromatic carbocycles. The topological polar surface area (TPSA) is 247 Å². The molecule has 2 heterocycles. The minimum absolute atomic E-state index is 0.208. The predicted molar refractivity (Wildman–Crippen MR) is 98.4 cm³/mol. The molecule has 30 heavy (non-hydrogen) atoms. The average Bonchev–Trinajstić information content (AvgIpc) is 2.81. The largest absolute Gasteiger partial charge is 0.488 e. The number of hydrogen-bond donors (Lipinski definition) is 7. The molecular formula is C10H17N2O14P3S. The summed E-state index contributed by atoms with van der Waals surface area (Å²) in [5, 5.41) is 20.2. The van der Waals surface area contributed by atoms with Gasteiger partial charge in [-0.3, -0.25) is 9.78 Å². The molecule has 7 N–H and O–H groups in total. The molecule has 172 valence electrons. The van der Waals surface area contributed by atoms with Gasteiger partial charge in [0.25, 0.3) is 5.56 Å². The number of rotatable bonds is 8. The van der Waals surface area contributed by atoms with Crippen LogP contribution in [0, 0.1) is 0 Å². The van der Waals surface area contributed by atoms with Gasteiger partial charge in [-0.15, -0.1) is 0 Å². The van der Waals surface area contributed by atoms with Gasteiger partial charge < -0.3 is 43.6 Å². The number of phosphoric acid groups is 2. The van der Waals surface area contributed by atoms with Gasteiger partial charge in [0.05, 0.1) is 12.2 Å². The summed E-state index contributed by atoms with van der Waals surface area (Å²) in [6.45, 7) is -5.48. The highest BCUT2D eigenvalue weighted by atomic mass is 32.5. The molecule has 6 atom stereocenters. The maximum Gasteiger partial charge on any atom is 0.488 e. The molecule has 0 aliphatic carbocycles. The van der Waals surface area contributed by atoms with E-state index in [0.717, 1.165) is 10.8 Å². The standard InChI is InChI=1S/C10H17N2O14P3S/c1-12-2-4(9(15)11-10(12)16)8-7(14)6(13)5(24-8)3-23-29(22,30)26-28(20,21)25-27(17,18)19/h2,5-8,13-14H,3H2,1H3,(H,20,21)(H,22,30)(H,11,15,16)(H2,17,18,19)/t5-,6?,7?,8+,29?/m1/s1. The van der Waals surface area contributed by atoms with Crippen molar-refractivity contribution in [1.29, 1.82) is 0 Å². The molecule has 1 fully saturated rings. The number of aromatic nitrogens is 2. The van der Waals surface area contributed by atoms with Crippen LogP contribution in [0.4, 0.5) is 0 Å². The fraction of sp³-hybridized carbons (Fsp3) is 0.600.